The first-order valence-corrected chi connectivity index (χ1v) is 10.4. The Morgan fingerprint density at radius 3 is 2.19 bits per heavy atom. The molecule has 1 N–H and O–H groups in total. The molecule has 0 radical (unpaired) electrons. The maximum absolute atomic E-state index is 12.7. The van der Waals surface area contributed by atoms with Crippen LogP contribution in [-0.2, 0) is 16.2 Å². The molecule has 0 unspecified atom stereocenters. The summed E-state index contributed by atoms with van der Waals surface area (Å²) in [6.07, 6.45) is -1.38. The molecule has 27 heavy (non-hydrogen) atoms. The molecule has 1 aliphatic rings. The highest BCUT2D eigenvalue weighted by Gasteiger charge is 2.31. The van der Waals surface area contributed by atoms with Crippen molar-refractivity contribution >= 4 is 10.0 Å². The summed E-state index contributed by atoms with van der Waals surface area (Å²) in [6.45, 7) is 1.89. The molecular formula is C20H22F3NO2S. The van der Waals surface area contributed by atoms with Gasteiger partial charge < -0.3 is 0 Å². The average molecular weight is 397 g/mol. The number of hydrogen-bond acceptors (Lipinski definition) is 2. The second kappa shape index (κ2) is 7.64. The summed E-state index contributed by atoms with van der Waals surface area (Å²) >= 11 is 0. The van der Waals surface area contributed by atoms with Crippen molar-refractivity contribution in [1.29, 1.82) is 0 Å². The van der Waals surface area contributed by atoms with Gasteiger partial charge in [-0.2, -0.15) is 13.2 Å². The lowest BCUT2D eigenvalue weighted by Crippen LogP contribution is -2.37. The highest BCUT2D eigenvalue weighted by Crippen LogP contribution is 2.35. The van der Waals surface area contributed by atoms with Crippen LogP contribution >= 0.6 is 0 Å². The van der Waals surface area contributed by atoms with Crippen LogP contribution in [0.1, 0.15) is 48.3 Å². The SMILES string of the molecule is Cc1ccc(S(=O)(=O)N[C@H]2CCC[C@H](c3ccc(C(F)(F)F)cc3)C2)cc1. The van der Waals surface area contributed by atoms with E-state index in [4.69, 9.17) is 0 Å². The molecule has 0 aliphatic heterocycles. The van der Waals surface area contributed by atoms with Gasteiger partial charge in [0.1, 0.15) is 0 Å². The third-order valence-corrected chi connectivity index (χ3v) is 6.57. The lowest BCUT2D eigenvalue weighted by atomic mass is 9.81. The molecule has 2 aromatic rings. The second-order valence-electron chi connectivity index (χ2n) is 7.11. The van der Waals surface area contributed by atoms with E-state index in [1.165, 1.54) is 12.1 Å². The van der Waals surface area contributed by atoms with Crippen molar-refractivity contribution in [2.24, 2.45) is 0 Å². The Morgan fingerprint density at radius 2 is 1.59 bits per heavy atom. The number of benzene rings is 2. The third kappa shape index (κ3) is 4.90. The fourth-order valence-electron chi connectivity index (χ4n) is 3.55. The molecule has 0 spiro atoms. The van der Waals surface area contributed by atoms with Crippen molar-refractivity contribution in [2.75, 3.05) is 0 Å². The zero-order valence-corrected chi connectivity index (χ0v) is 15.8. The number of aryl methyl sites for hydroxylation is 1. The number of sulfonamides is 1. The Bertz CT molecular complexity index is 875. The van der Waals surface area contributed by atoms with Crippen molar-refractivity contribution in [3.63, 3.8) is 0 Å². The van der Waals surface area contributed by atoms with Crippen LogP contribution in [0.4, 0.5) is 13.2 Å². The lowest BCUT2D eigenvalue weighted by Gasteiger charge is -2.30. The minimum atomic E-state index is -4.35. The quantitative estimate of drug-likeness (QED) is 0.788. The summed E-state index contributed by atoms with van der Waals surface area (Å²) in [4.78, 5) is 0.227. The molecule has 0 amide bonds. The topological polar surface area (TPSA) is 46.2 Å². The van der Waals surface area contributed by atoms with E-state index in [9.17, 15) is 21.6 Å². The summed E-state index contributed by atoms with van der Waals surface area (Å²) in [5, 5.41) is 0. The number of halogens is 3. The molecule has 1 fully saturated rings. The first kappa shape index (κ1) is 19.9. The van der Waals surface area contributed by atoms with E-state index < -0.39 is 21.8 Å². The molecule has 3 nitrogen and oxygen atoms in total. The van der Waals surface area contributed by atoms with Gasteiger partial charge in [0.25, 0.3) is 0 Å². The first-order valence-electron chi connectivity index (χ1n) is 8.91. The molecule has 146 valence electrons. The van der Waals surface area contributed by atoms with E-state index in [1.54, 1.807) is 24.3 Å². The van der Waals surface area contributed by atoms with E-state index in [0.717, 1.165) is 42.5 Å². The number of nitrogens with one attached hydrogen (secondary N) is 1. The van der Waals surface area contributed by atoms with Crippen LogP contribution in [0.15, 0.2) is 53.4 Å². The Labute approximate surface area is 157 Å². The smallest absolute Gasteiger partial charge is 0.208 e. The molecule has 1 aliphatic carbocycles. The summed E-state index contributed by atoms with van der Waals surface area (Å²) in [5.74, 6) is 0.0479. The Hall–Kier alpha value is -1.86. The predicted octanol–water partition coefficient (Wildman–Crippen LogP) is 5.02. The summed E-state index contributed by atoms with van der Waals surface area (Å²) in [6, 6.07) is 11.6. The summed E-state index contributed by atoms with van der Waals surface area (Å²) < 4.78 is 66.1. The van der Waals surface area contributed by atoms with Crippen LogP contribution in [0.2, 0.25) is 0 Å². The van der Waals surface area contributed by atoms with Gasteiger partial charge in [0.2, 0.25) is 10.0 Å². The maximum Gasteiger partial charge on any atom is 0.416 e. The number of alkyl halides is 3. The van der Waals surface area contributed by atoms with Crippen molar-refractivity contribution in [1.82, 2.24) is 4.72 Å². The molecule has 7 heteroatoms. The molecule has 0 bridgehead atoms. The maximum atomic E-state index is 12.7. The second-order valence-corrected chi connectivity index (χ2v) is 8.83. The average Bonchev–Trinajstić information content (AvgIpc) is 2.61. The molecule has 0 aromatic heterocycles. The van der Waals surface area contributed by atoms with E-state index in [2.05, 4.69) is 4.72 Å². The van der Waals surface area contributed by atoms with Crippen LogP contribution in [0.3, 0.4) is 0 Å². The predicted molar refractivity (Wildman–Crippen MR) is 97.9 cm³/mol. The highest BCUT2D eigenvalue weighted by atomic mass is 32.2. The van der Waals surface area contributed by atoms with Gasteiger partial charge in [-0.15, -0.1) is 0 Å². The zero-order chi connectivity index (χ0) is 19.7. The monoisotopic (exact) mass is 397 g/mol. The Kier molecular flexibility index (Phi) is 5.63. The third-order valence-electron chi connectivity index (χ3n) is 5.04. The summed E-state index contributed by atoms with van der Waals surface area (Å²) in [7, 11) is -3.61. The van der Waals surface area contributed by atoms with Gasteiger partial charge in [-0.3, -0.25) is 0 Å². The standard InChI is InChI=1S/C20H22F3NO2S/c1-14-5-11-19(12-6-14)27(25,26)24-18-4-2-3-16(13-18)15-7-9-17(10-8-15)20(21,22)23/h5-12,16,18,24H,2-4,13H2,1H3/t16-,18-/m0/s1. The van der Waals surface area contributed by atoms with Crippen LogP contribution < -0.4 is 4.72 Å². The van der Waals surface area contributed by atoms with Crippen molar-refractivity contribution in [2.45, 2.75) is 55.6 Å². The van der Waals surface area contributed by atoms with Crippen LogP contribution in [0.25, 0.3) is 0 Å². The first-order chi connectivity index (χ1) is 12.6. The zero-order valence-electron chi connectivity index (χ0n) is 15.0. The molecular weight excluding hydrogens is 375 g/mol. The van der Waals surface area contributed by atoms with E-state index in [1.807, 2.05) is 6.92 Å². The van der Waals surface area contributed by atoms with Crippen molar-refractivity contribution in [3.8, 4) is 0 Å². The van der Waals surface area contributed by atoms with Gasteiger partial charge in [0.05, 0.1) is 10.5 Å². The Balaban J connectivity index is 1.70. The van der Waals surface area contributed by atoms with Gasteiger partial charge >= 0.3 is 6.18 Å². The van der Waals surface area contributed by atoms with E-state index in [0.29, 0.717) is 6.42 Å². The normalized spacial score (nSPS) is 21.2. The lowest BCUT2D eigenvalue weighted by molar-refractivity contribution is -0.137. The molecule has 1 saturated carbocycles. The Morgan fingerprint density at radius 1 is 0.963 bits per heavy atom. The van der Waals surface area contributed by atoms with Gasteiger partial charge in [-0.05, 0) is 61.9 Å². The van der Waals surface area contributed by atoms with Crippen LogP contribution in [0.5, 0.6) is 0 Å². The van der Waals surface area contributed by atoms with Gasteiger partial charge in [-0.1, -0.05) is 36.2 Å². The van der Waals surface area contributed by atoms with E-state index >= 15 is 0 Å². The molecule has 0 heterocycles. The summed E-state index contributed by atoms with van der Waals surface area (Å²) in [5.41, 5.74) is 1.13. The molecule has 0 saturated heterocycles. The van der Waals surface area contributed by atoms with Crippen LogP contribution in [-0.4, -0.2) is 14.5 Å². The minimum Gasteiger partial charge on any atom is -0.208 e. The van der Waals surface area contributed by atoms with Crippen LogP contribution in [0, 0.1) is 6.92 Å². The minimum absolute atomic E-state index is 0.0479. The van der Waals surface area contributed by atoms with Gasteiger partial charge in [0.15, 0.2) is 0 Å². The van der Waals surface area contributed by atoms with Gasteiger partial charge in [-0.25, -0.2) is 13.1 Å². The van der Waals surface area contributed by atoms with E-state index in [-0.39, 0.29) is 16.9 Å². The number of hydrogen-bond donors (Lipinski definition) is 1. The van der Waals surface area contributed by atoms with Crippen molar-refractivity contribution in [3.05, 3.63) is 65.2 Å². The molecule has 3 rings (SSSR count). The largest absolute Gasteiger partial charge is 0.416 e. The van der Waals surface area contributed by atoms with Crippen molar-refractivity contribution < 1.29 is 21.6 Å². The number of rotatable bonds is 4. The fraction of sp³-hybridized carbons (Fsp3) is 0.400. The highest BCUT2D eigenvalue weighted by molar-refractivity contribution is 7.89. The fourth-order valence-corrected chi connectivity index (χ4v) is 4.83. The van der Waals surface area contributed by atoms with Gasteiger partial charge in [0, 0.05) is 6.04 Å². The molecule has 2 atom stereocenters. The molecule has 2 aromatic carbocycles.